The van der Waals surface area contributed by atoms with Crippen LogP contribution in [0.5, 0.6) is 5.75 Å². The Balaban J connectivity index is 1.57. The summed E-state index contributed by atoms with van der Waals surface area (Å²) < 4.78 is 30.4. The lowest BCUT2D eigenvalue weighted by Gasteiger charge is -2.32. The molecule has 1 aliphatic carbocycles. The number of amides is 1. The molecule has 2 aromatic rings. The summed E-state index contributed by atoms with van der Waals surface area (Å²) in [5.41, 5.74) is 2.56. The Morgan fingerprint density at radius 3 is 2.75 bits per heavy atom. The first-order valence-electron chi connectivity index (χ1n) is 12.4. The maximum atomic E-state index is 12.5. The first-order chi connectivity index (χ1) is 17.4. The number of carbonyl (C=O) groups excluding carboxylic acids is 1. The van der Waals surface area contributed by atoms with Gasteiger partial charge in [-0.25, -0.2) is 18.1 Å². The maximum absolute atomic E-state index is 12.5. The maximum Gasteiger partial charge on any atom is 0.229 e. The highest BCUT2D eigenvalue weighted by Gasteiger charge is 2.27. The zero-order chi connectivity index (χ0) is 25.7. The van der Waals surface area contributed by atoms with Crippen LogP contribution in [0.3, 0.4) is 0 Å². The predicted octanol–water partition coefficient (Wildman–Crippen LogP) is 3.66. The lowest BCUT2D eigenvalue weighted by atomic mass is 9.84. The van der Waals surface area contributed by atoms with Crippen molar-refractivity contribution in [1.82, 2.24) is 14.7 Å². The zero-order valence-corrected chi connectivity index (χ0v) is 22.2. The molecule has 0 radical (unpaired) electrons. The van der Waals surface area contributed by atoms with Gasteiger partial charge in [0.25, 0.3) is 0 Å². The van der Waals surface area contributed by atoms with E-state index < -0.39 is 10.9 Å². The molecular formula is C24H33ClN6O4S. The lowest BCUT2D eigenvalue weighted by Crippen LogP contribution is -2.38. The van der Waals surface area contributed by atoms with E-state index in [-0.39, 0.29) is 17.9 Å². The molecule has 0 saturated heterocycles. The van der Waals surface area contributed by atoms with Gasteiger partial charge in [0.05, 0.1) is 24.7 Å². The summed E-state index contributed by atoms with van der Waals surface area (Å²) in [5, 5.41) is 7.06. The van der Waals surface area contributed by atoms with Gasteiger partial charge < -0.3 is 20.3 Å². The number of hydrogen-bond donors (Lipinski definition) is 4. The Labute approximate surface area is 218 Å². The molecule has 1 amide bonds. The Morgan fingerprint density at radius 2 is 2.00 bits per heavy atom. The number of benzene rings is 1. The normalized spacial score (nSPS) is 20.1. The van der Waals surface area contributed by atoms with E-state index in [1.54, 1.807) is 12.0 Å². The monoisotopic (exact) mass is 536 g/mol. The van der Waals surface area contributed by atoms with Gasteiger partial charge in [-0.1, -0.05) is 24.4 Å². The predicted molar refractivity (Wildman–Crippen MR) is 142 cm³/mol. The van der Waals surface area contributed by atoms with E-state index in [1.165, 1.54) is 6.20 Å². The summed E-state index contributed by atoms with van der Waals surface area (Å²) >= 11 is 6.42. The van der Waals surface area contributed by atoms with E-state index in [9.17, 15) is 13.2 Å². The van der Waals surface area contributed by atoms with Crippen LogP contribution in [0.25, 0.3) is 0 Å². The van der Waals surface area contributed by atoms with E-state index in [1.807, 2.05) is 19.1 Å². The van der Waals surface area contributed by atoms with E-state index in [0.717, 1.165) is 49.8 Å². The SMILES string of the molecule is CCN1C(=O)CCCc2c1ccc(Nc1ncc(Cl)c(N[C@@H]3CCCC[C@@H]3CN[SH](=O)=O)n1)c2OC. The molecule has 2 aliphatic rings. The second kappa shape index (κ2) is 12.1. The van der Waals surface area contributed by atoms with Crippen LogP contribution in [0.2, 0.25) is 5.02 Å². The van der Waals surface area contributed by atoms with Crippen LogP contribution in [-0.4, -0.2) is 50.5 Å². The summed E-state index contributed by atoms with van der Waals surface area (Å²) in [6, 6.07) is 3.85. The Hall–Kier alpha value is -2.63. The highest BCUT2D eigenvalue weighted by atomic mass is 35.5. The molecule has 3 N–H and O–H groups in total. The molecule has 1 aromatic carbocycles. The first-order valence-corrected chi connectivity index (χ1v) is 13.9. The second-order valence-electron chi connectivity index (χ2n) is 9.07. The Morgan fingerprint density at radius 1 is 1.19 bits per heavy atom. The number of aromatic nitrogens is 2. The number of ether oxygens (including phenoxy) is 1. The average molecular weight is 537 g/mol. The molecule has 0 spiro atoms. The number of hydrogen-bond acceptors (Lipinski definition) is 8. The van der Waals surface area contributed by atoms with Gasteiger partial charge in [0.1, 0.15) is 10.8 Å². The van der Waals surface area contributed by atoms with Crippen molar-refractivity contribution in [3.63, 3.8) is 0 Å². The van der Waals surface area contributed by atoms with Gasteiger partial charge in [-0.15, -0.1) is 0 Å². The van der Waals surface area contributed by atoms with Gasteiger partial charge in [0.2, 0.25) is 22.7 Å². The van der Waals surface area contributed by atoms with E-state index in [2.05, 4.69) is 25.3 Å². The fourth-order valence-corrected chi connectivity index (χ4v) is 5.66. The van der Waals surface area contributed by atoms with E-state index >= 15 is 0 Å². The van der Waals surface area contributed by atoms with Crippen molar-refractivity contribution in [3.8, 4) is 5.75 Å². The average Bonchev–Trinajstić information content (AvgIpc) is 3.03. The van der Waals surface area contributed by atoms with Crippen LogP contribution < -0.4 is 25.0 Å². The van der Waals surface area contributed by atoms with Gasteiger partial charge in [-0.2, -0.15) is 4.98 Å². The van der Waals surface area contributed by atoms with Crippen LogP contribution in [-0.2, 0) is 22.1 Å². The van der Waals surface area contributed by atoms with Crippen molar-refractivity contribution < 1.29 is 17.9 Å². The van der Waals surface area contributed by atoms with Crippen LogP contribution in [0.15, 0.2) is 18.3 Å². The number of nitrogens with one attached hydrogen (secondary N) is 3. The highest BCUT2D eigenvalue weighted by molar-refractivity contribution is 7.70. The zero-order valence-electron chi connectivity index (χ0n) is 20.6. The van der Waals surface area contributed by atoms with Crippen molar-refractivity contribution in [2.75, 3.05) is 35.7 Å². The fourth-order valence-electron chi connectivity index (χ4n) is 5.13. The molecule has 4 rings (SSSR count). The third-order valence-electron chi connectivity index (χ3n) is 6.87. The summed E-state index contributed by atoms with van der Waals surface area (Å²) in [7, 11) is -1.02. The fraction of sp³-hybridized carbons (Fsp3) is 0.542. The summed E-state index contributed by atoms with van der Waals surface area (Å²) in [5.74, 6) is 1.77. The minimum atomic E-state index is -2.63. The van der Waals surface area contributed by atoms with E-state index in [0.29, 0.717) is 47.7 Å². The summed E-state index contributed by atoms with van der Waals surface area (Å²) in [4.78, 5) is 23.3. The number of fused-ring (bicyclic) bond motifs is 1. The molecule has 2 heterocycles. The van der Waals surface area contributed by atoms with Gasteiger partial charge >= 0.3 is 0 Å². The number of thiol groups is 1. The first kappa shape index (κ1) is 26.4. The molecule has 196 valence electrons. The number of rotatable bonds is 9. The summed E-state index contributed by atoms with van der Waals surface area (Å²) in [6.45, 7) is 2.95. The quantitative estimate of drug-likeness (QED) is 0.358. The van der Waals surface area contributed by atoms with Gasteiger partial charge in [-0.3, -0.25) is 4.79 Å². The molecule has 10 nitrogen and oxygen atoms in total. The number of carbonyl (C=O) groups is 1. The lowest BCUT2D eigenvalue weighted by molar-refractivity contribution is -0.118. The number of methoxy groups -OCH3 is 1. The summed E-state index contributed by atoms with van der Waals surface area (Å²) in [6.07, 6.45) is 7.46. The van der Waals surface area contributed by atoms with Gasteiger partial charge in [0, 0.05) is 31.1 Å². The van der Waals surface area contributed by atoms with E-state index in [4.69, 9.17) is 16.3 Å². The molecule has 0 unspecified atom stereocenters. The molecule has 2 atom stereocenters. The highest BCUT2D eigenvalue weighted by Crippen LogP contribution is 2.40. The number of anilines is 4. The number of nitrogens with zero attached hydrogens (tertiary/aromatic N) is 3. The molecule has 0 bridgehead atoms. The van der Waals surface area contributed by atoms with Crippen molar-refractivity contribution in [2.24, 2.45) is 5.92 Å². The minimum absolute atomic E-state index is 0.0426. The van der Waals surface area contributed by atoms with Crippen molar-refractivity contribution in [2.45, 2.75) is 57.9 Å². The Kier molecular flexibility index (Phi) is 8.86. The van der Waals surface area contributed by atoms with Crippen LogP contribution in [0.4, 0.5) is 23.1 Å². The second-order valence-corrected chi connectivity index (χ2v) is 10.3. The van der Waals surface area contributed by atoms with Gasteiger partial charge in [-0.05, 0) is 50.7 Å². The molecule has 1 fully saturated rings. The van der Waals surface area contributed by atoms with Gasteiger partial charge in [0.15, 0.2) is 5.82 Å². The minimum Gasteiger partial charge on any atom is -0.494 e. The standard InChI is InChI=1S/C24H33ClN6O4S/c1-3-31-20-12-11-19(22(35-2)16(20)8-6-10-21(31)32)29-24-26-14-17(25)23(30-24)28-18-9-5-4-7-15(18)13-27-36(33)34/h11-12,14-15,18,36H,3-10,13H2,1-2H3,(H,27,33,34)(H2,26,28,29,30)/t15-,18-/m1/s1. The third kappa shape index (κ3) is 6.01. The van der Waals surface area contributed by atoms with Crippen molar-refractivity contribution in [3.05, 3.63) is 28.9 Å². The smallest absolute Gasteiger partial charge is 0.229 e. The van der Waals surface area contributed by atoms with Crippen LogP contribution >= 0.6 is 11.6 Å². The van der Waals surface area contributed by atoms with Crippen LogP contribution in [0, 0.1) is 5.92 Å². The molecule has 12 heteroatoms. The largest absolute Gasteiger partial charge is 0.494 e. The topological polar surface area (TPSA) is 126 Å². The molecule has 36 heavy (non-hydrogen) atoms. The molecule has 1 saturated carbocycles. The third-order valence-corrected chi connectivity index (χ3v) is 7.59. The van der Waals surface area contributed by atoms with Crippen molar-refractivity contribution >= 4 is 51.5 Å². The molecule has 1 aliphatic heterocycles. The Bertz CT molecular complexity index is 1170. The molecule has 1 aromatic heterocycles. The molecular weight excluding hydrogens is 504 g/mol. The number of halogens is 1. The van der Waals surface area contributed by atoms with Crippen LogP contribution in [0.1, 0.15) is 51.0 Å². The van der Waals surface area contributed by atoms with Crippen molar-refractivity contribution in [1.29, 1.82) is 0 Å².